The molecule has 0 aliphatic carbocycles. The lowest BCUT2D eigenvalue weighted by Gasteiger charge is -2.19. The van der Waals surface area contributed by atoms with E-state index in [0.29, 0.717) is 5.56 Å². The second-order valence-electron chi connectivity index (χ2n) is 7.13. The molecule has 6 N–H and O–H groups in total. The number of hydrogen-bond donors (Lipinski definition) is 6. The molecule has 1 aliphatic rings. The van der Waals surface area contributed by atoms with Crippen LogP contribution in [0.1, 0.15) is 0 Å². The first-order valence-electron chi connectivity index (χ1n) is 9.36. The number of aliphatic hydroxyl groups is 4. The van der Waals surface area contributed by atoms with Crippen molar-refractivity contribution in [1.82, 2.24) is 0 Å². The summed E-state index contributed by atoms with van der Waals surface area (Å²) in [5.74, 6) is -0.678. The van der Waals surface area contributed by atoms with Gasteiger partial charge in [0, 0.05) is 0 Å². The molecule has 1 fully saturated rings. The molecule has 0 radical (unpaired) electrons. The Morgan fingerprint density at radius 1 is 1.03 bits per heavy atom. The first kappa shape index (κ1) is 21.1. The summed E-state index contributed by atoms with van der Waals surface area (Å²) < 4.78 is 16.3. The summed E-state index contributed by atoms with van der Waals surface area (Å²) in [5, 5.41) is 58.7. The van der Waals surface area contributed by atoms with Crippen LogP contribution in [0, 0.1) is 0 Å². The molecule has 10 heteroatoms. The van der Waals surface area contributed by atoms with Gasteiger partial charge in [-0.2, -0.15) is 0 Å². The van der Waals surface area contributed by atoms with E-state index in [1.54, 1.807) is 12.1 Å². The molecule has 0 unspecified atom stereocenters. The average Bonchev–Trinajstić information content (AvgIpc) is 3.04. The summed E-state index contributed by atoms with van der Waals surface area (Å²) >= 11 is 0. The minimum Gasteiger partial charge on any atom is -0.508 e. The summed E-state index contributed by atoms with van der Waals surface area (Å²) in [5.41, 5.74) is 0.160. The summed E-state index contributed by atoms with van der Waals surface area (Å²) in [6.07, 6.45) is -6.30. The van der Waals surface area contributed by atoms with Crippen LogP contribution in [0.2, 0.25) is 0 Å². The Morgan fingerprint density at radius 2 is 1.74 bits per heavy atom. The van der Waals surface area contributed by atoms with Gasteiger partial charge in [0.25, 0.3) is 0 Å². The predicted molar refractivity (Wildman–Crippen MR) is 106 cm³/mol. The lowest BCUT2D eigenvalue weighted by Crippen LogP contribution is -2.40. The van der Waals surface area contributed by atoms with Gasteiger partial charge in [-0.1, -0.05) is 12.1 Å². The number of phenolic OH excluding ortho intramolecular Hbond substituents is 2. The standard InChI is InChI=1S/C21H20O10/c22-7-14(25)19-16(27)17(28)21(30-19)31-20-13(24)6-5-11-15(26)12(8-29-18(11)20)9-1-3-10(23)4-2-9/h1-6,8,14,16-17,19,21-25,27-28H,7H2/t14-,16-,17-,19-,21+/m1/s1. The van der Waals surface area contributed by atoms with Gasteiger partial charge in [-0.15, -0.1) is 0 Å². The van der Waals surface area contributed by atoms with Crippen LogP contribution in [-0.4, -0.2) is 68.0 Å². The molecule has 1 aromatic heterocycles. The first-order chi connectivity index (χ1) is 14.8. The van der Waals surface area contributed by atoms with Crippen LogP contribution in [0.5, 0.6) is 17.2 Å². The van der Waals surface area contributed by atoms with E-state index in [9.17, 15) is 30.3 Å². The number of rotatable bonds is 5. The van der Waals surface area contributed by atoms with Gasteiger partial charge < -0.3 is 44.5 Å². The van der Waals surface area contributed by atoms with Gasteiger partial charge in [0.15, 0.2) is 11.3 Å². The highest BCUT2D eigenvalue weighted by atomic mass is 16.7. The molecule has 2 heterocycles. The molecule has 10 nitrogen and oxygen atoms in total. The largest absolute Gasteiger partial charge is 0.508 e. The van der Waals surface area contributed by atoms with Crippen LogP contribution in [0.15, 0.2) is 51.9 Å². The maximum atomic E-state index is 13.0. The maximum absolute atomic E-state index is 13.0. The van der Waals surface area contributed by atoms with Crippen molar-refractivity contribution in [1.29, 1.82) is 0 Å². The third-order valence-electron chi connectivity index (χ3n) is 5.11. The fraction of sp³-hybridized carbons (Fsp3) is 0.286. The lowest BCUT2D eigenvalue weighted by atomic mass is 10.1. The van der Waals surface area contributed by atoms with Gasteiger partial charge in [-0.05, 0) is 29.8 Å². The zero-order valence-electron chi connectivity index (χ0n) is 16.0. The Kier molecular flexibility index (Phi) is 5.56. The van der Waals surface area contributed by atoms with E-state index in [1.807, 2.05) is 0 Å². The highest BCUT2D eigenvalue weighted by Gasteiger charge is 2.47. The minimum absolute atomic E-state index is 0.0384. The number of ether oxygens (including phenoxy) is 2. The Bertz CT molecular complexity index is 1140. The maximum Gasteiger partial charge on any atom is 0.229 e. The van der Waals surface area contributed by atoms with Gasteiger partial charge in [0.2, 0.25) is 17.5 Å². The molecule has 0 amide bonds. The smallest absolute Gasteiger partial charge is 0.229 e. The van der Waals surface area contributed by atoms with Crippen molar-refractivity contribution in [3.8, 4) is 28.4 Å². The fourth-order valence-corrected chi connectivity index (χ4v) is 3.43. The van der Waals surface area contributed by atoms with E-state index in [2.05, 4.69) is 0 Å². The molecule has 2 aromatic carbocycles. The van der Waals surface area contributed by atoms with Crippen LogP contribution in [0.4, 0.5) is 0 Å². The Morgan fingerprint density at radius 3 is 2.42 bits per heavy atom. The van der Waals surface area contributed by atoms with E-state index < -0.39 is 48.5 Å². The van der Waals surface area contributed by atoms with E-state index >= 15 is 0 Å². The molecule has 164 valence electrons. The number of benzene rings is 2. The molecule has 3 aromatic rings. The van der Waals surface area contributed by atoms with Crippen molar-refractivity contribution in [2.45, 2.75) is 30.7 Å². The Labute approximate surface area is 174 Å². The SMILES string of the molecule is O=c1c(-c2ccc(O)cc2)coc2c(O[C@@H]3O[C@H]([C@H](O)CO)[C@H](O)[C@H]3O)c(O)ccc12. The van der Waals surface area contributed by atoms with Crippen molar-refractivity contribution in [2.75, 3.05) is 6.61 Å². The summed E-state index contributed by atoms with van der Waals surface area (Å²) in [6, 6.07) is 8.47. The number of aromatic hydroxyl groups is 2. The van der Waals surface area contributed by atoms with Gasteiger partial charge in [-0.25, -0.2) is 0 Å². The zero-order valence-corrected chi connectivity index (χ0v) is 16.0. The number of phenols is 2. The topological polar surface area (TPSA) is 170 Å². The third-order valence-corrected chi connectivity index (χ3v) is 5.11. The van der Waals surface area contributed by atoms with E-state index in [0.717, 1.165) is 0 Å². The van der Waals surface area contributed by atoms with E-state index in [-0.39, 0.29) is 28.0 Å². The second kappa shape index (κ2) is 8.17. The summed E-state index contributed by atoms with van der Waals surface area (Å²) in [6.45, 7) is -0.713. The number of fused-ring (bicyclic) bond motifs is 1. The molecule has 0 saturated carbocycles. The third kappa shape index (κ3) is 3.71. The van der Waals surface area contributed by atoms with Crippen LogP contribution >= 0.6 is 0 Å². The zero-order chi connectivity index (χ0) is 22.3. The van der Waals surface area contributed by atoms with Crippen molar-refractivity contribution >= 4 is 11.0 Å². The molecule has 1 aliphatic heterocycles. The average molecular weight is 432 g/mol. The van der Waals surface area contributed by atoms with Gasteiger partial charge in [0.1, 0.15) is 36.4 Å². The molecular weight excluding hydrogens is 412 g/mol. The quantitative estimate of drug-likeness (QED) is 0.324. The second-order valence-corrected chi connectivity index (χ2v) is 7.13. The molecule has 4 rings (SSSR count). The van der Waals surface area contributed by atoms with E-state index in [1.165, 1.54) is 30.5 Å². The Hall–Kier alpha value is -3.15. The number of hydrogen-bond acceptors (Lipinski definition) is 10. The Balaban J connectivity index is 1.72. The highest BCUT2D eigenvalue weighted by Crippen LogP contribution is 2.37. The molecule has 0 bridgehead atoms. The van der Waals surface area contributed by atoms with Crippen molar-refractivity contribution in [3.05, 3.63) is 52.9 Å². The van der Waals surface area contributed by atoms with Gasteiger partial charge in [0.05, 0.1) is 17.6 Å². The van der Waals surface area contributed by atoms with Crippen molar-refractivity contribution in [2.24, 2.45) is 0 Å². The van der Waals surface area contributed by atoms with Crippen LogP contribution < -0.4 is 10.2 Å². The van der Waals surface area contributed by atoms with Crippen molar-refractivity contribution in [3.63, 3.8) is 0 Å². The monoisotopic (exact) mass is 432 g/mol. The summed E-state index contributed by atoms with van der Waals surface area (Å²) in [4.78, 5) is 13.0. The summed E-state index contributed by atoms with van der Waals surface area (Å²) in [7, 11) is 0. The van der Waals surface area contributed by atoms with Crippen LogP contribution in [0.3, 0.4) is 0 Å². The van der Waals surface area contributed by atoms with Crippen LogP contribution in [0.25, 0.3) is 22.1 Å². The molecule has 31 heavy (non-hydrogen) atoms. The molecule has 0 spiro atoms. The lowest BCUT2D eigenvalue weighted by molar-refractivity contribution is -0.137. The van der Waals surface area contributed by atoms with Crippen molar-refractivity contribution < 1.29 is 44.5 Å². The van der Waals surface area contributed by atoms with Gasteiger partial charge >= 0.3 is 0 Å². The number of aliphatic hydroxyl groups excluding tert-OH is 4. The normalized spacial score (nSPS) is 24.4. The minimum atomic E-state index is -1.61. The van der Waals surface area contributed by atoms with Crippen LogP contribution in [-0.2, 0) is 4.74 Å². The molecule has 1 saturated heterocycles. The highest BCUT2D eigenvalue weighted by molar-refractivity contribution is 5.88. The molecule has 5 atom stereocenters. The predicted octanol–water partition coefficient (Wildman–Crippen LogP) is 0.0499. The molecular formula is C21H20O10. The van der Waals surface area contributed by atoms with Gasteiger partial charge in [-0.3, -0.25) is 4.79 Å². The fourth-order valence-electron chi connectivity index (χ4n) is 3.43. The van der Waals surface area contributed by atoms with E-state index in [4.69, 9.17) is 19.0 Å². The first-order valence-corrected chi connectivity index (χ1v) is 9.36.